The van der Waals surface area contributed by atoms with Crippen LogP contribution in [-0.4, -0.2) is 73.6 Å². The van der Waals surface area contributed by atoms with Crippen LogP contribution in [0, 0.1) is 5.92 Å². The normalized spacial score (nSPS) is 22.2. The van der Waals surface area contributed by atoms with Crippen LogP contribution in [-0.2, 0) is 19.1 Å². The minimum Gasteiger partial charge on any atom is -0.468 e. The van der Waals surface area contributed by atoms with Crippen LogP contribution in [0.5, 0.6) is 0 Å². The van der Waals surface area contributed by atoms with E-state index in [0.29, 0.717) is 38.7 Å². The Morgan fingerprint density at radius 1 is 1.18 bits per heavy atom. The fourth-order valence-electron chi connectivity index (χ4n) is 3.33. The number of piperazine rings is 1. The number of amides is 2. The molecule has 0 bridgehead atoms. The summed E-state index contributed by atoms with van der Waals surface area (Å²) in [6.07, 6.45) is -0.343. The minimum absolute atomic E-state index is 0.329. The molecule has 2 atom stereocenters. The van der Waals surface area contributed by atoms with Gasteiger partial charge >= 0.3 is 12.1 Å². The van der Waals surface area contributed by atoms with Crippen LogP contribution in [0.1, 0.15) is 18.5 Å². The summed E-state index contributed by atoms with van der Waals surface area (Å²) in [7, 11) is 1.26. The maximum absolute atomic E-state index is 12.7. The second-order valence-electron chi connectivity index (χ2n) is 6.47. The number of esters is 1. The molecule has 2 amide bonds. The molecule has 9 heteroatoms. The Hall–Kier alpha value is -3.10. The van der Waals surface area contributed by atoms with Gasteiger partial charge in [0.25, 0.3) is 0 Å². The third kappa shape index (κ3) is 4.08. The van der Waals surface area contributed by atoms with Gasteiger partial charge in [-0.15, -0.1) is 0 Å². The van der Waals surface area contributed by atoms with Gasteiger partial charge in [0.2, 0.25) is 11.9 Å². The van der Waals surface area contributed by atoms with Crippen molar-refractivity contribution >= 4 is 23.9 Å². The number of rotatable bonds is 3. The van der Waals surface area contributed by atoms with E-state index in [2.05, 4.69) is 10.3 Å². The second kappa shape index (κ2) is 8.73. The molecule has 0 aliphatic carbocycles. The van der Waals surface area contributed by atoms with Crippen molar-refractivity contribution < 1.29 is 23.9 Å². The lowest BCUT2D eigenvalue weighted by molar-refractivity contribution is -0.151. The Morgan fingerprint density at radius 3 is 2.46 bits per heavy atom. The lowest BCUT2D eigenvalue weighted by Gasteiger charge is -2.38. The summed E-state index contributed by atoms with van der Waals surface area (Å²) in [5.74, 6) is -1.71. The molecule has 3 rings (SSSR count). The summed E-state index contributed by atoms with van der Waals surface area (Å²) >= 11 is 0. The predicted molar refractivity (Wildman–Crippen MR) is 100 cm³/mol. The molecule has 0 spiro atoms. The minimum atomic E-state index is -1.04. The summed E-state index contributed by atoms with van der Waals surface area (Å²) in [6, 6.07) is 8.53. The van der Waals surface area contributed by atoms with E-state index in [-0.39, 0.29) is 6.09 Å². The molecule has 0 aromatic heterocycles. The van der Waals surface area contributed by atoms with Crippen molar-refractivity contribution in [3.63, 3.8) is 0 Å². The van der Waals surface area contributed by atoms with Crippen molar-refractivity contribution in [2.45, 2.75) is 13.0 Å². The van der Waals surface area contributed by atoms with Gasteiger partial charge in [-0.2, -0.15) is 0 Å². The summed E-state index contributed by atoms with van der Waals surface area (Å²) in [6.45, 7) is 4.02. The van der Waals surface area contributed by atoms with Crippen molar-refractivity contribution in [2.24, 2.45) is 10.9 Å². The van der Waals surface area contributed by atoms with E-state index in [1.165, 1.54) is 7.11 Å². The van der Waals surface area contributed by atoms with E-state index in [4.69, 9.17) is 9.47 Å². The van der Waals surface area contributed by atoms with Crippen LogP contribution in [0.15, 0.2) is 35.3 Å². The standard InChI is InChI=1S/C19H24N4O5/c1-3-28-19(26)23-11-9-22(10-12-23)18-20-15(13-7-5-4-6-8-13)14(16(24)21-18)17(25)27-2/h4-8,14-15H,3,9-12H2,1-2H3,(H,20,21,24)/t14-,15+/m0/s1. The number of methoxy groups -OCH3 is 1. The third-order valence-electron chi connectivity index (χ3n) is 4.80. The van der Waals surface area contributed by atoms with Gasteiger partial charge in [0.1, 0.15) is 6.04 Å². The van der Waals surface area contributed by atoms with Gasteiger partial charge < -0.3 is 19.3 Å². The van der Waals surface area contributed by atoms with Gasteiger partial charge in [0.15, 0.2) is 5.92 Å². The third-order valence-corrected chi connectivity index (χ3v) is 4.80. The molecule has 1 saturated heterocycles. The smallest absolute Gasteiger partial charge is 0.409 e. The molecule has 1 aromatic rings. The topological polar surface area (TPSA) is 101 Å². The maximum Gasteiger partial charge on any atom is 0.409 e. The molecule has 2 aliphatic heterocycles. The molecular weight excluding hydrogens is 364 g/mol. The first-order valence-electron chi connectivity index (χ1n) is 9.23. The number of hydrogen-bond acceptors (Lipinski definition) is 7. The van der Waals surface area contributed by atoms with Crippen molar-refractivity contribution in [1.82, 2.24) is 15.1 Å². The molecule has 28 heavy (non-hydrogen) atoms. The number of aliphatic imine (C=N–C) groups is 1. The zero-order chi connectivity index (χ0) is 20.1. The Kier molecular flexibility index (Phi) is 6.13. The number of hydrogen-bond donors (Lipinski definition) is 1. The van der Waals surface area contributed by atoms with E-state index in [0.717, 1.165) is 5.56 Å². The van der Waals surface area contributed by atoms with Crippen LogP contribution in [0.25, 0.3) is 0 Å². The Bertz CT molecular complexity index is 759. The van der Waals surface area contributed by atoms with Crippen LogP contribution in [0.4, 0.5) is 4.79 Å². The fraction of sp³-hybridized carbons (Fsp3) is 0.474. The first-order valence-corrected chi connectivity index (χ1v) is 9.23. The summed E-state index contributed by atoms with van der Waals surface area (Å²) in [5, 5.41) is 2.72. The first kappa shape index (κ1) is 19.7. The lowest BCUT2D eigenvalue weighted by atomic mass is 9.91. The molecule has 1 N–H and O–H groups in total. The van der Waals surface area contributed by atoms with E-state index in [1.807, 2.05) is 35.2 Å². The second-order valence-corrected chi connectivity index (χ2v) is 6.47. The maximum atomic E-state index is 12.7. The average Bonchev–Trinajstić information content (AvgIpc) is 2.73. The van der Waals surface area contributed by atoms with Crippen molar-refractivity contribution in [3.8, 4) is 0 Å². The molecule has 0 unspecified atom stereocenters. The molecule has 150 valence electrons. The van der Waals surface area contributed by atoms with Crippen LogP contribution in [0.2, 0.25) is 0 Å². The molecule has 2 aliphatic rings. The van der Waals surface area contributed by atoms with Crippen molar-refractivity contribution in [2.75, 3.05) is 39.9 Å². The van der Waals surface area contributed by atoms with Gasteiger partial charge in [0.05, 0.1) is 13.7 Å². The van der Waals surface area contributed by atoms with E-state index < -0.39 is 23.8 Å². The largest absolute Gasteiger partial charge is 0.468 e. The quantitative estimate of drug-likeness (QED) is 0.607. The number of carbonyl (C=O) groups excluding carboxylic acids is 3. The molecule has 9 nitrogen and oxygen atoms in total. The zero-order valence-electron chi connectivity index (χ0n) is 16.0. The Morgan fingerprint density at radius 2 is 1.86 bits per heavy atom. The number of carbonyl (C=O) groups is 3. The number of nitrogens with zero attached hydrogens (tertiary/aromatic N) is 3. The Balaban J connectivity index is 1.80. The lowest BCUT2D eigenvalue weighted by Crippen LogP contribution is -2.58. The SMILES string of the molecule is CCOC(=O)N1CCN(C2=N[C@H](c3ccccc3)[C@H](C(=O)OC)C(=O)N2)CC1. The average molecular weight is 388 g/mol. The number of guanidine groups is 1. The van der Waals surface area contributed by atoms with Crippen LogP contribution < -0.4 is 5.32 Å². The van der Waals surface area contributed by atoms with E-state index in [1.54, 1.807) is 11.8 Å². The highest BCUT2D eigenvalue weighted by atomic mass is 16.6. The zero-order valence-corrected chi connectivity index (χ0v) is 16.0. The van der Waals surface area contributed by atoms with Gasteiger partial charge in [-0.25, -0.2) is 9.79 Å². The van der Waals surface area contributed by atoms with Gasteiger partial charge in [-0.05, 0) is 12.5 Å². The van der Waals surface area contributed by atoms with Gasteiger partial charge in [0, 0.05) is 26.2 Å². The molecule has 1 fully saturated rings. The number of nitrogens with one attached hydrogen (secondary N) is 1. The number of ether oxygens (including phenoxy) is 2. The Labute approximate surface area is 163 Å². The highest BCUT2D eigenvalue weighted by Gasteiger charge is 2.42. The van der Waals surface area contributed by atoms with E-state index >= 15 is 0 Å². The number of benzene rings is 1. The molecular formula is C19H24N4O5. The molecule has 0 radical (unpaired) electrons. The summed E-state index contributed by atoms with van der Waals surface area (Å²) in [4.78, 5) is 44.9. The first-order chi connectivity index (χ1) is 13.5. The molecule has 2 heterocycles. The van der Waals surface area contributed by atoms with Crippen LogP contribution in [0.3, 0.4) is 0 Å². The summed E-state index contributed by atoms with van der Waals surface area (Å²) in [5.41, 5.74) is 0.760. The fourth-order valence-corrected chi connectivity index (χ4v) is 3.33. The highest BCUT2D eigenvalue weighted by Crippen LogP contribution is 2.30. The predicted octanol–water partition coefficient (Wildman–Crippen LogP) is 0.777. The molecule has 1 aromatic carbocycles. The van der Waals surface area contributed by atoms with Gasteiger partial charge in [-0.3, -0.25) is 14.9 Å². The van der Waals surface area contributed by atoms with E-state index in [9.17, 15) is 14.4 Å². The highest BCUT2D eigenvalue weighted by molar-refractivity contribution is 6.08. The van der Waals surface area contributed by atoms with Crippen molar-refractivity contribution in [3.05, 3.63) is 35.9 Å². The van der Waals surface area contributed by atoms with Gasteiger partial charge in [-0.1, -0.05) is 30.3 Å². The van der Waals surface area contributed by atoms with Crippen molar-refractivity contribution in [1.29, 1.82) is 0 Å². The summed E-state index contributed by atoms with van der Waals surface area (Å²) < 4.78 is 9.84. The molecule has 0 saturated carbocycles. The monoisotopic (exact) mass is 388 g/mol. The van der Waals surface area contributed by atoms with Crippen LogP contribution >= 0.6 is 0 Å².